The van der Waals surface area contributed by atoms with Gasteiger partial charge in [0, 0.05) is 20.6 Å². The number of nitrogens with zero attached hydrogens (tertiary/aromatic N) is 1. The van der Waals surface area contributed by atoms with Crippen molar-refractivity contribution in [3.05, 3.63) is 45.3 Å². The zero-order valence-electron chi connectivity index (χ0n) is 10.3. The van der Waals surface area contributed by atoms with Crippen LogP contribution in [0, 0.1) is 17.4 Å². The van der Waals surface area contributed by atoms with Crippen LogP contribution in [0.4, 0.5) is 13.2 Å². The van der Waals surface area contributed by atoms with Crippen LogP contribution in [0.1, 0.15) is 11.4 Å². The summed E-state index contributed by atoms with van der Waals surface area (Å²) >= 11 is 2.23. The third kappa shape index (κ3) is 3.23. The van der Waals surface area contributed by atoms with Gasteiger partial charge in [-0.15, -0.1) is 13.2 Å². The quantitative estimate of drug-likeness (QED) is 0.694. The van der Waals surface area contributed by atoms with Gasteiger partial charge in [0.2, 0.25) is 0 Å². The minimum Gasteiger partial charge on any atom is -0.406 e. The molecule has 2 rings (SSSR count). The first-order valence-corrected chi connectivity index (χ1v) is 6.56. The molecule has 0 aliphatic rings. The molecule has 0 bridgehead atoms. The van der Waals surface area contributed by atoms with E-state index in [1.165, 1.54) is 12.1 Å². The van der Waals surface area contributed by atoms with Crippen molar-refractivity contribution < 1.29 is 17.9 Å². The fourth-order valence-electron chi connectivity index (χ4n) is 1.92. The van der Waals surface area contributed by atoms with E-state index in [4.69, 9.17) is 0 Å². The van der Waals surface area contributed by atoms with Crippen molar-refractivity contribution in [2.75, 3.05) is 0 Å². The summed E-state index contributed by atoms with van der Waals surface area (Å²) in [5.41, 5.74) is 2.90. The molecule has 1 aromatic heterocycles. The molecule has 1 heterocycles. The number of aryl methyl sites for hydroxylation is 1. The Bertz CT molecular complexity index is 587. The fourth-order valence-corrected chi connectivity index (χ4v) is 2.61. The van der Waals surface area contributed by atoms with Crippen LogP contribution in [0.5, 0.6) is 5.75 Å². The summed E-state index contributed by atoms with van der Waals surface area (Å²) in [6.07, 6.45) is -4.66. The first-order chi connectivity index (χ1) is 8.78. The van der Waals surface area contributed by atoms with E-state index in [1.54, 1.807) is 12.1 Å². The number of halogens is 4. The summed E-state index contributed by atoms with van der Waals surface area (Å²) < 4.78 is 43.2. The molecule has 19 heavy (non-hydrogen) atoms. The molecule has 0 aliphatic heterocycles. The van der Waals surface area contributed by atoms with E-state index < -0.39 is 6.36 Å². The summed E-state index contributed by atoms with van der Waals surface area (Å²) in [4.78, 5) is 0. The summed E-state index contributed by atoms with van der Waals surface area (Å²) in [7, 11) is 0. The van der Waals surface area contributed by atoms with Crippen molar-refractivity contribution in [2.45, 2.75) is 20.2 Å². The molecule has 0 saturated heterocycles. The van der Waals surface area contributed by atoms with Crippen LogP contribution in [-0.4, -0.2) is 10.9 Å². The lowest BCUT2D eigenvalue weighted by atomic mass is 10.3. The van der Waals surface area contributed by atoms with Crippen LogP contribution < -0.4 is 4.74 Å². The molecule has 0 radical (unpaired) electrons. The number of rotatable bonds is 2. The minimum atomic E-state index is -4.66. The van der Waals surface area contributed by atoms with E-state index in [9.17, 15) is 13.2 Å². The SMILES string of the molecule is Cc1cc(I)c(C)n1-c1ccc(OC(F)(F)F)cc1. The Morgan fingerprint density at radius 2 is 1.68 bits per heavy atom. The van der Waals surface area contributed by atoms with Gasteiger partial charge in [-0.25, -0.2) is 0 Å². The van der Waals surface area contributed by atoms with Crippen LogP contribution in [0.2, 0.25) is 0 Å². The van der Waals surface area contributed by atoms with E-state index in [1.807, 2.05) is 24.5 Å². The predicted octanol–water partition coefficient (Wildman–Crippen LogP) is 4.60. The van der Waals surface area contributed by atoms with Gasteiger partial charge in [0.1, 0.15) is 5.75 Å². The molecule has 0 fully saturated rings. The molecular weight excluding hydrogens is 370 g/mol. The topological polar surface area (TPSA) is 14.2 Å². The second kappa shape index (κ2) is 5.07. The lowest BCUT2D eigenvalue weighted by Crippen LogP contribution is -2.17. The van der Waals surface area contributed by atoms with Gasteiger partial charge in [-0.05, 0) is 66.8 Å². The van der Waals surface area contributed by atoms with Crippen molar-refractivity contribution >= 4 is 22.6 Å². The largest absolute Gasteiger partial charge is 0.573 e. The number of aromatic nitrogens is 1. The highest BCUT2D eigenvalue weighted by atomic mass is 127. The molecule has 0 unspecified atom stereocenters. The second-order valence-corrected chi connectivity index (χ2v) is 5.26. The van der Waals surface area contributed by atoms with Gasteiger partial charge >= 0.3 is 6.36 Å². The Labute approximate surface area is 122 Å². The lowest BCUT2D eigenvalue weighted by Gasteiger charge is -2.12. The standard InChI is InChI=1S/C13H11F3INO/c1-8-7-12(17)9(2)18(8)10-3-5-11(6-4-10)19-13(14,15)16/h3-7H,1-2H3. The highest BCUT2D eigenvalue weighted by molar-refractivity contribution is 14.1. The Morgan fingerprint density at radius 3 is 2.11 bits per heavy atom. The van der Waals surface area contributed by atoms with Crippen LogP contribution in [0.3, 0.4) is 0 Å². The van der Waals surface area contributed by atoms with Crippen LogP contribution in [0.15, 0.2) is 30.3 Å². The third-order valence-electron chi connectivity index (χ3n) is 2.70. The molecule has 2 aromatic rings. The zero-order valence-corrected chi connectivity index (χ0v) is 12.4. The van der Waals surface area contributed by atoms with Gasteiger partial charge in [0.25, 0.3) is 0 Å². The van der Waals surface area contributed by atoms with Crippen LogP contribution in [-0.2, 0) is 0 Å². The molecule has 0 atom stereocenters. The molecular formula is C13H11F3INO. The van der Waals surface area contributed by atoms with E-state index in [-0.39, 0.29) is 5.75 Å². The Balaban J connectivity index is 2.33. The van der Waals surface area contributed by atoms with Crippen molar-refractivity contribution in [1.29, 1.82) is 0 Å². The van der Waals surface area contributed by atoms with Crippen molar-refractivity contribution in [1.82, 2.24) is 4.57 Å². The molecule has 0 saturated carbocycles. The van der Waals surface area contributed by atoms with Gasteiger partial charge in [-0.2, -0.15) is 0 Å². The molecule has 0 amide bonds. The van der Waals surface area contributed by atoms with Crippen molar-refractivity contribution in [3.63, 3.8) is 0 Å². The highest BCUT2D eigenvalue weighted by Gasteiger charge is 2.30. The van der Waals surface area contributed by atoms with Gasteiger partial charge in [0.05, 0.1) is 0 Å². The van der Waals surface area contributed by atoms with Gasteiger partial charge in [-0.1, -0.05) is 0 Å². The maximum Gasteiger partial charge on any atom is 0.573 e. The molecule has 6 heteroatoms. The Kier molecular flexibility index (Phi) is 3.80. The van der Waals surface area contributed by atoms with Gasteiger partial charge in [0.15, 0.2) is 0 Å². The first-order valence-electron chi connectivity index (χ1n) is 5.48. The minimum absolute atomic E-state index is 0.214. The van der Waals surface area contributed by atoms with Crippen molar-refractivity contribution in [3.8, 4) is 11.4 Å². The monoisotopic (exact) mass is 381 g/mol. The average molecular weight is 381 g/mol. The lowest BCUT2D eigenvalue weighted by molar-refractivity contribution is -0.274. The molecule has 0 N–H and O–H groups in total. The summed E-state index contributed by atoms with van der Waals surface area (Å²) in [5, 5.41) is 0. The van der Waals surface area contributed by atoms with E-state index >= 15 is 0 Å². The third-order valence-corrected chi connectivity index (χ3v) is 3.79. The van der Waals surface area contributed by atoms with Crippen LogP contribution >= 0.6 is 22.6 Å². The molecule has 102 valence electrons. The first kappa shape index (κ1) is 14.2. The number of ether oxygens (including phenoxy) is 1. The Hall–Kier alpha value is -1.18. The second-order valence-electron chi connectivity index (χ2n) is 4.10. The van der Waals surface area contributed by atoms with E-state index in [0.717, 1.165) is 20.6 Å². The number of hydrogen-bond donors (Lipinski definition) is 0. The van der Waals surface area contributed by atoms with Gasteiger partial charge in [-0.3, -0.25) is 0 Å². The maximum absolute atomic E-state index is 12.1. The number of hydrogen-bond acceptors (Lipinski definition) is 1. The normalized spacial score (nSPS) is 11.7. The number of alkyl halides is 3. The Morgan fingerprint density at radius 1 is 1.11 bits per heavy atom. The van der Waals surface area contributed by atoms with E-state index in [2.05, 4.69) is 27.3 Å². The van der Waals surface area contributed by atoms with Crippen molar-refractivity contribution in [2.24, 2.45) is 0 Å². The molecule has 0 aliphatic carbocycles. The van der Waals surface area contributed by atoms with Gasteiger partial charge < -0.3 is 9.30 Å². The molecule has 2 nitrogen and oxygen atoms in total. The highest BCUT2D eigenvalue weighted by Crippen LogP contribution is 2.26. The number of benzene rings is 1. The van der Waals surface area contributed by atoms with E-state index in [0.29, 0.717) is 0 Å². The zero-order chi connectivity index (χ0) is 14.2. The summed E-state index contributed by atoms with van der Waals surface area (Å²) in [5.74, 6) is -0.214. The summed E-state index contributed by atoms with van der Waals surface area (Å²) in [6, 6.07) is 7.87. The molecule has 1 aromatic carbocycles. The van der Waals surface area contributed by atoms with Crippen LogP contribution in [0.25, 0.3) is 5.69 Å². The average Bonchev–Trinajstić information content (AvgIpc) is 2.53. The fraction of sp³-hybridized carbons (Fsp3) is 0.231. The predicted molar refractivity (Wildman–Crippen MR) is 74.6 cm³/mol. The molecule has 0 spiro atoms. The summed E-state index contributed by atoms with van der Waals surface area (Å²) in [6.45, 7) is 3.92. The maximum atomic E-state index is 12.1. The smallest absolute Gasteiger partial charge is 0.406 e.